The zero-order valence-corrected chi connectivity index (χ0v) is 15.5. The standard InChI is InChI=1S/C17H16BrClFNO3/c1-23-15-7-10(13(18)9-16(15)24-2)5-6-21-17(22)12-8-11(19)3-4-14(12)20/h3-4,7-9H,5-6H2,1-2H3,(H,21,22). The molecule has 24 heavy (non-hydrogen) atoms. The molecule has 7 heteroatoms. The molecule has 0 unspecified atom stereocenters. The highest BCUT2D eigenvalue weighted by Crippen LogP contribution is 2.33. The predicted octanol–water partition coefficient (Wildman–Crippen LogP) is 4.23. The van der Waals surface area contributed by atoms with Gasteiger partial charge in [-0.3, -0.25) is 4.79 Å². The van der Waals surface area contributed by atoms with Gasteiger partial charge < -0.3 is 14.8 Å². The summed E-state index contributed by atoms with van der Waals surface area (Å²) in [6.07, 6.45) is 0.537. The van der Waals surface area contributed by atoms with Gasteiger partial charge in [-0.05, 0) is 42.3 Å². The largest absolute Gasteiger partial charge is 0.493 e. The van der Waals surface area contributed by atoms with Crippen LogP contribution in [0, 0.1) is 5.82 Å². The molecule has 0 bridgehead atoms. The van der Waals surface area contributed by atoms with Gasteiger partial charge in [-0.25, -0.2) is 4.39 Å². The first-order chi connectivity index (χ1) is 11.5. The van der Waals surface area contributed by atoms with Crippen molar-refractivity contribution >= 4 is 33.4 Å². The lowest BCUT2D eigenvalue weighted by atomic mass is 10.1. The van der Waals surface area contributed by atoms with Gasteiger partial charge in [-0.2, -0.15) is 0 Å². The second-order valence-electron chi connectivity index (χ2n) is 4.93. The smallest absolute Gasteiger partial charge is 0.254 e. The van der Waals surface area contributed by atoms with Gasteiger partial charge in [0, 0.05) is 16.0 Å². The number of ether oxygens (including phenoxy) is 2. The summed E-state index contributed by atoms with van der Waals surface area (Å²) in [4.78, 5) is 12.1. The Morgan fingerprint density at radius 3 is 2.54 bits per heavy atom. The maximum Gasteiger partial charge on any atom is 0.254 e. The molecule has 0 spiro atoms. The lowest BCUT2D eigenvalue weighted by Crippen LogP contribution is -2.26. The third-order valence-electron chi connectivity index (χ3n) is 3.41. The topological polar surface area (TPSA) is 47.6 Å². The van der Waals surface area contributed by atoms with Crippen molar-refractivity contribution in [2.75, 3.05) is 20.8 Å². The van der Waals surface area contributed by atoms with E-state index >= 15 is 0 Å². The van der Waals surface area contributed by atoms with Crippen LogP contribution in [0.15, 0.2) is 34.8 Å². The minimum absolute atomic E-state index is 0.0751. The number of amides is 1. The van der Waals surface area contributed by atoms with Crippen LogP contribution in [0.25, 0.3) is 0 Å². The van der Waals surface area contributed by atoms with E-state index < -0.39 is 11.7 Å². The third kappa shape index (κ3) is 4.39. The summed E-state index contributed by atoms with van der Waals surface area (Å²) < 4.78 is 25.0. The SMILES string of the molecule is COc1cc(Br)c(CCNC(=O)c2cc(Cl)ccc2F)cc1OC. The minimum atomic E-state index is -0.607. The van der Waals surface area contributed by atoms with E-state index in [2.05, 4.69) is 21.2 Å². The molecule has 2 aromatic carbocycles. The van der Waals surface area contributed by atoms with E-state index in [0.717, 1.165) is 10.0 Å². The molecule has 4 nitrogen and oxygen atoms in total. The van der Waals surface area contributed by atoms with Crippen LogP contribution < -0.4 is 14.8 Å². The number of methoxy groups -OCH3 is 2. The number of carbonyl (C=O) groups excluding carboxylic acids is 1. The van der Waals surface area contributed by atoms with Crippen molar-refractivity contribution < 1.29 is 18.7 Å². The lowest BCUT2D eigenvalue weighted by molar-refractivity contribution is 0.0950. The van der Waals surface area contributed by atoms with E-state index in [1.165, 1.54) is 18.2 Å². The molecule has 128 valence electrons. The third-order valence-corrected chi connectivity index (χ3v) is 4.38. The number of carbonyl (C=O) groups is 1. The number of nitrogens with one attached hydrogen (secondary N) is 1. The quantitative estimate of drug-likeness (QED) is 0.766. The Bertz CT molecular complexity index is 755. The molecule has 0 saturated carbocycles. The van der Waals surface area contributed by atoms with E-state index in [0.29, 0.717) is 29.5 Å². The van der Waals surface area contributed by atoms with Crippen molar-refractivity contribution in [2.24, 2.45) is 0 Å². The fraction of sp³-hybridized carbons (Fsp3) is 0.235. The molecule has 0 heterocycles. The van der Waals surface area contributed by atoms with Gasteiger partial charge in [0.2, 0.25) is 0 Å². The zero-order chi connectivity index (χ0) is 17.7. The van der Waals surface area contributed by atoms with Crippen molar-refractivity contribution in [3.8, 4) is 11.5 Å². The summed E-state index contributed by atoms with van der Waals surface area (Å²) in [7, 11) is 3.11. The summed E-state index contributed by atoms with van der Waals surface area (Å²) >= 11 is 9.25. The number of rotatable bonds is 6. The van der Waals surface area contributed by atoms with E-state index in [-0.39, 0.29) is 5.56 Å². The number of hydrogen-bond acceptors (Lipinski definition) is 3. The molecule has 0 saturated heterocycles. The Balaban J connectivity index is 2.04. The van der Waals surface area contributed by atoms with Crippen LogP contribution in [-0.4, -0.2) is 26.7 Å². The zero-order valence-electron chi connectivity index (χ0n) is 13.2. The van der Waals surface area contributed by atoms with Crippen molar-refractivity contribution in [2.45, 2.75) is 6.42 Å². The maximum atomic E-state index is 13.7. The normalized spacial score (nSPS) is 10.4. The van der Waals surface area contributed by atoms with Gasteiger partial charge in [0.25, 0.3) is 5.91 Å². The molecule has 0 atom stereocenters. The molecule has 1 amide bonds. The van der Waals surface area contributed by atoms with E-state index in [4.69, 9.17) is 21.1 Å². The van der Waals surface area contributed by atoms with Gasteiger partial charge in [0.05, 0.1) is 19.8 Å². The highest BCUT2D eigenvalue weighted by Gasteiger charge is 2.13. The predicted molar refractivity (Wildman–Crippen MR) is 94.7 cm³/mol. The van der Waals surface area contributed by atoms with Crippen LogP contribution in [0.3, 0.4) is 0 Å². The second-order valence-corrected chi connectivity index (χ2v) is 6.22. The number of hydrogen-bond donors (Lipinski definition) is 1. The van der Waals surface area contributed by atoms with Crippen molar-refractivity contribution in [1.82, 2.24) is 5.32 Å². The van der Waals surface area contributed by atoms with Crippen LogP contribution in [-0.2, 0) is 6.42 Å². The summed E-state index contributed by atoms with van der Waals surface area (Å²) in [5.74, 6) is 0.0943. The van der Waals surface area contributed by atoms with Crippen LogP contribution in [0.1, 0.15) is 15.9 Å². The van der Waals surface area contributed by atoms with Crippen LogP contribution >= 0.6 is 27.5 Å². The molecule has 1 N–H and O–H groups in total. The van der Waals surface area contributed by atoms with Crippen molar-refractivity contribution in [1.29, 1.82) is 0 Å². The Labute approximate surface area is 153 Å². The average Bonchev–Trinajstić information content (AvgIpc) is 2.57. The van der Waals surface area contributed by atoms with Crippen LogP contribution in [0.5, 0.6) is 11.5 Å². The Hall–Kier alpha value is -1.79. The first-order valence-corrected chi connectivity index (χ1v) is 8.27. The van der Waals surface area contributed by atoms with E-state index in [9.17, 15) is 9.18 Å². The molecular formula is C17H16BrClFNO3. The van der Waals surface area contributed by atoms with Crippen molar-refractivity contribution in [3.05, 3.63) is 56.8 Å². The maximum absolute atomic E-state index is 13.7. The fourth-order valence-electron chi connectivity index (χ4n) is 2.17. The molecule has 2 aromatic rings. The Kier molecular flexibility index (Phi) is 6.45. The molecule has 2 rings (SSSR count). The highest BCUT2D eigenvalue weighted by atomic mass is 79.9. The van der Waals surface area contributed by atoms with Gasteiger partial charge in [0.1, 0.15) is 5.82 Å². The average molecular weight is 417 g/mol. The number of halogens is 3. The van der Waals surface area contributed by atoms with Crippen LogP contribution in [0.2, 0.25) is 5.02 Å². The van der Waals surface area contributed by atoms with E-state index in [1.54, 1.807) is 20.3 Å². The summed E-state index contributed by atoms with van der Waals surface area (Å²) in [6, 6.07) is 7.50. The lowest BCUT2D eigenvalue weighted by Gasteiger charge is -2.12. The molecule has 0 aromatic heterocycles. The Morgan fingerprint density at radius 2 is 1.88 bits per heavy atom. The van der Waals surface area contributed by atoms with Crippen LogP contribution in [0.4, 0.5) is 4.39 Å². The van der Waals surface area contributed by atoms with Gasteiger partial charge in [-0.1, -0.05) is 27.5 Å². The van der Waals surface area contributed by atoms with Gasteiger partial charge in [-0.15, -0.1) is 0 Å². The minimum Gasteiger partial charge on any atom is -0.493 e. The Morgan fingerprint density at radius 1 is 1.21 bits per heavy atom. The molecular weight excluding hydrogens is 401 g/mol. The first kappa shape index (κ1) is 18.5. The van der Waals surface area contributed by atoms with Crippen molar-refractivity contribution in [3.63, 3.8) is 0 Å². The first-order valence-electron chi connectivity index (χ1n) is 7.10. The number of benzene rings is 2. The summed E-state index contributed by atoms with van der Waals surface area (Å²) in [6.45, 7) is 0.332. The summed E-state index contributed by atoms with van der Waals surface area (Å²) in [5.41, 5.74) is 0.855. The monoisotopic (exact) mass is 415 g/mol. The summed E-state index contributed by atoms with van der Waals surface area (Å²) in [5, 5.41) is 2.99. The fourth-order valence-corrected chi connectivity index (χ4v) is 2.86. The molecule has 0 aliphatic heterocycles. The van der Waals surface area contributed by atoms with Gasteiger partial charge >= 0.3 is 0 Å². The molecule has 0 aliphatic carbocycles. The highest BCUT2D eigenvalue weighted by molar-refractivity contribution is 9.10. The van der Waals surface area contributed by atoms with Gasteiger partial charge in [0.15, 0.2) is 11.5 Å². The van der Waals surface area contributed by atoms with E-state index in [1.807, 2.05) is 6.07 Å². The molecule has 0 fully saturated rings. The molecule has 0 radical (unpaired) electrons. The second kappa shape index (κ2) is 8.35. The molecule has 0 aliphatic rings.